The molecule has 2 fully saturated rings. The maximum atomic E-state index is 11.4. The monoisotopic (exact) mass is 430 g/mol. The van der Waals surface area contributed by atoms with E-state index in [9.17, 15) is 15.0 Å². The molecule has 0 radical (unpaired) electrons. The van der Waals surface area contributed by atoms with Crippen LogP contribution in [-0.4, -0.2) is 53.1 Å². The van der Waals surface area contributed by atoms with Gasteiger partial charge in [-0.2, -0.15) is 0 Å². The van der Waals surface area contributed by atoms with Crippen molar-refractivity contribution in [1.29, 1.82) is 0 Å². The Bertz CT molecular complexity index is 503. The van der Waals surface area contributed by atoms with Crippen molar-refractivity contribution in [3.05, 3.63) is 12.2 Å². The molecular formula is C23H39ClO5. The molecule has 0 saturated heterocycles. The summed E-state index contributed by atoms with van der Waals surface area (Å²) in [4.78, 5) is 11.4. The van der Waals surface area contributed by atoms with Gasteiger partial charge in [0.25, 0.3) is 0 Å². The minimum Gasteiger partial charge on any atom is -0.461 e. The summed E-state index contributed by atoms with van der Waals surface area (Å²) in [7, 11) is 0. The van der Waals surface area contributed by atoms with E-state index in [1.54, 1.807) is 13.8 Å². The van der Waals surface area contributed by atoms with Gasteiger partial charge in [0.2, 0.25) is 0 Å². The van der Waals surface area contributed by atoms with Gasteiger partial charge in [-0.05, 0) is 70.1 Å². The van der Waals surface area contributed by atoms with Crippen molar-refractivity contribution in [3.8, 4) is 0 Å². The molecule has 6 heteroatoms. The van der Waals surface area contributed by atoms with E-state index in [1.807, 2.05) is 12.2 Å². The lowest BCUT2D eigenvalue weighted by Gasteiger charge is -2.29. The van der Waals surface area contributed by atoms with Crippen molar-refractivity contribution in [3.63, 3.8) is 0 Å². The smallest absolute Gasteiger partial charge is 0.332 e. The van der Waals surface area contributed by atoms with Crippen LogP contribution in [0.5, 0.6) is 0 Å². The first-order valence-electron chi connectivity index (χ1n) is 11.3. The fraction of sp³-hybridized carbons (Fsp3) is 0.870. The molecule has 2 aliphatic rings. The summed E-state index contributed by atoms with van der Waals surface area (Å²) in [6, 6.07) is 0. The molecule has 0 aromatic rings. The molecule has 0 aromatic carbocycles. The first-order valence-corrected chi connectivity index (χ1v) is 11.7. The molecule has 29 heavy (non-hydrogen) atoms. The van der Waals surface area contributed by atoms with Crippen LogP contribution >= 0.6 is 11.6 Å². The summed E-state index contributed by atoms with van der Waals surface area (Å²) < 4.78 is 10.3. The standard InChI is InChI=1S/C23H39ClO5/c1-16(2)29-23(27)15-28-13-7-6-10-18-19(22(26)14-20(18)24)11-12-21(25)17-8-4-3-5-9-17/h6-7,16-22,25-26H,3-5,8-15H2,1-2H3/t18-,19-,20?,21?,22?/m1/s1. The van der Waals surface area contributed by atoms with Crippen LogP contribution in [0.15, 0.2) is 12.2 Å². The van der Waals surface area contributed by atoms with Crippen LogP contribution in [0.3, 0.4) is 0 Å². The Morgan fingerprint density at radius 1 is 1.17 bits per heavy atom. The molecule has 168 valence electrons. The van der Waals surface area contributed by atoms with Gasteiger partial charge in [0.05, 0.1) is 24.9 Å². The SMILES string of the molecule is CC(C)OC(=O)COCC=CC[C@H]1C(Cl)CC(O)[C@@H]1CCC(O)C1CCCCC1. The van der Waals surface area contributed by atoms with Gasteiger partial charge in [-0.15, -0.1) is 11.6 Å². The van der Waals surface area contributed by atoms with E-state index in [-0.39, 0.29) is 42.0 Å². The molecule has 0 bridgehead atoms. The summed E-state index contributed by atoms with van der Waals surface area (Å²) in [5.74, 6) is 0.395. The second kappa shape index (κ2) is 12.9. The zero-order chi connectivity index (χ0) is 21.2. The number of halogens is 1. The Morgan fingerprint density at radius 3 is 2.59 bits per heavy atom. The van der Waals surface area contributed by atoms with Crippen LogP contribution in [0.1, 0.15) is 71.6 Å². The Morgan fingerprint density at radius 2 is 1.90 bits per heavy atom. The number of aliphatic hydroxyl groups excluding tert-OH is 2. The third-order valence-electron chi connectivity index (χ3n) is 6.34. The Labute approximate surface area is 180 Å². The van der Waals surface area contributed by atoms with Gasteiger partial charge in [-0.25, -0.2) is 4.79 Å². The van der Waals surface area contributed by atoms with Gasteiger partial charge in [0, 0.05) is 5.38 Å². The maximum Gasteiger partial charge on any atom is 0.332 e. The van der Waals surface area contributed by atoms with Gasteiger partial charge in [-0.1, -0.05) is 31.4 Å². The van der Waals surface area contributed by atoms with Gasteiger partial charge >= 0.3 is 5.97 Å². The molecule has 2 N–H and O–H groups in total. The van der Waals surface area contributed by atoms with Crippen molar-refractivity contribution < 1.29 is 24.5 Å². The topological polar surface area (TPSA) is 76.0 Å². The lowest BCUT2D eigenvalue weighted by molar-refractivity contribution is -0.152. The number of alkyl halides is 1. The van der Waals surface area contributed by atoms with E-state index >= 15 is 0 Å². The van der Waals surface area contributed by atoms with Crippen molar-refractivity contribution in [2.24, 2.45) is 17.8 Å². The van der Waals surface area contributed by atoms with E-state index in [2.05, 4.69) is 0 Å². The van der Waals surface area contributed by atoms with Crippen molar-refractivity contribution in [2.75, 3.05) is 13.2 Å². The molecule has 2 rings (SSSR count). The van der Waals surface area contributed by atoms with E-state index in [1.165, 1.54) is 19.3 Å². The second-order valence-electron chi connectivity index (χ2n) is 8.95. The van der Waals surface area contributed by atoms with E-state index in [0.29, 0.717) is 18.9 Å². The molecule has 0 aromatic heterocycles. The normalized spacial score (nSPS) is 29.6. The molecule has 0 heterocycles. The number of hydrogen-bond acceptors (Lipinski definition) is 5. The highest BCUT2D eigenvalue weighted by Gasteiger charge is 2.40. The summed E-state index contributed by atoms with van der Waals surface area (Å²) in [5, 5.41) is 21.0. The van der Waals surface area contributed by atoms with Crippen LogP contribution in [0, 0.1) is 17.8 Å². The average Bonchev–Trinajstić information content (AvgIpc) is 2.95. The fourth-order valence-electron chi connectivity index (χ4n) is 4.81. The number of aliphatic hydroxyl groups is 2. The first kappa shape index (κ1) is 24.6. The zero-order valence-electron chi connectivity index (χ0n) is 18.0. The second-order valence-corrected chi connectivity index (χ2v) is 9.51. The fourth-order valence-corrected chi connectivity index (χ4v) is 5.28. The predicted molar refractivity (Wildman–Crippen MR) is 115 cm³/mol. The Kier molecular flexibility index (Phi) is 11.0. The van der Waals surface area contributed by atoms with Gasteiger partial charge < -0.3 is 19.7 Å². The number of allylic oxidation sites excluding steroid dienone is 1. The molecule has 5 nitrogen and oxygen atoms in total. The molecule has 5 atom stereocenters. The molecule has 2 saturated carbocycles. The van der Waals surface area contributed by atoms with E-state index in [4.69, 9.17) is 21.1 Å². The number of esters is 1. The van der Waals surface area contributed by atoms with E-state index in [0.717, 1.165) is 32.1 Å². The molecule has 0 aliphatic heterocycles. The molecule has 3 unspecified atom stereocenters. The highest BCUT2D eigenvalue weighted by atomic mass is 35.5. The van der Waals surface area contributed by atoms with Crippen LogP contribution < -0.4 is 0 Å². The summed E-state index contributed by atoms with van der Waals surface area (Å²) in [6.45, 7) is 3.91. The Balaban J connectivity index is 1.72. The summed E-state index contributed by atoms with van der Waals surface area (Å²) in [6.07, 6.45) is 12.1. The lowest BCUT2D eigenvalue weighted by Crippen LogP contribution is -2.26. The zero-order valence-corrected chi connectivity index (χ0v) is 18.7. The highest BCUT2D eigenvalue weighted by Crippen LogP contribution is 2.42. The summed E-state index contributed by atoms with van der Waals surface area (Å²) in [5.41, 5.74) is 0. The lowest BCUT2D eigenvalue weighted by atomic mass is 9.81. The van der Waals surface area contributed by atoms with Crippen molar-refractivity contribution >= 4 is 17.6 Å². The van der Waals surface area contributed by atoms with Crippen molar-refractivity contribution in [2.45, 2.75) is 95.3 Å². The quantitative estimate of drug-likeness (QED) is 0.222. The number of carbonyl (C=O) groups excluding carboxylic acids is 1. The van der Waals surface area contributed by atoms with Gasteiger partial charge in [-0.3, -0.25) is 0 Å². The van der Waals surface area contributed by atoms with Crippen molar-refractivity contribution in [1.82, 2.24) is 0 Å². The third-order valence-corrected chi connectivity index (χ3v) is 6.84. The average molecular weight is 431 g/mol. The molecule has 0 amide bonds. The Hall–Kier alpha value is -0.620. The van der Waals surface area contributed by atoms with Crippen LogP contribution in [0.4, 0.5) is 0 Å². The first-order chi connectivity index (χ1) is 13.9. The molecular weight excluding hydrogens is 392 g/mol. The predicted octanol–water partition coefficient (Wildman–Crippen LogP) is 4.23. The number of ether oxygens (including phenoxy) is 2. The van der Waals surface area contributed by atoms with Crippen LogP contribution in [0.2, 0.25) is 0 Å². The van der Waals surface area contributed by atoms with E-state index < -0.39 is 6.10 Å². The largest absolute Gasteiger partial charge is 0.461 e. The minimum absolute atomic E-state index is 0.0478. The number of rotatable bonds is 11. The van der Waals surface area contributed by atoms with Crippen LogP contribution in [0.25, 0.3) is 0 Å². The van der Waals surface area contributed by atoms with Crippen LogP contribution in [-0.2, 0) is 14.3 Å². The summed E-state index contributed by atoms with van der Waals surface area (Å²) >= 11 is 6.51. The third kappa shape index (κ3) is 8.56. The number of carbonyl (C=O) groups is 1. The van der Waals surface area contributed by atoms with Gasteiger partial charge in [0.1, 0.15) is 6.61 Å². The molecule has 2 aliphatic carbocycles. The number of hydrogen-bond donors (Lipinski definition) is 2. The van der Waals surface area contributed by atoms with Gasteiger partial charge in [0.15, 0.2) is 0 Å². The highest BCUT2D eigenvalue weighted by molar-refractivity contribution is 6.21. The maximum absolute atomic E-state index is 11.4. The molecule has 0 spiro atoms. The minimum atomic E-state index is -0.392.